The van der Waals surface area contributed by atoms with Crippen LogP contribution in [0.3, 0.4) is 0 Å². The largest absolute Gasteiger partial charge is 0.398 e. The lowest BCUT2D eigenvalue weighted by atomic mass is 10.1. The number of aromatic nitrogens is 1. The van der Waals surface area contributed by atoms with Crippen molar-refractivity contribution in [3.05, 3.63) is 24.0 Å². The lowest BCUT2D eigenvalue weighted by Gasteiger charge is -2.15. The molecule has 1 aromatic rings. The van der Waals surface area contributed by atoms with Crippen LogP contribution in [0.5, 0.6) is 0 Å². The van der Waals surface area contributed by atoms with Gasteiger partial charge in [0.2, 0.25) is 0 Å². The summed E-state index contributed by atoms with van der Waals surface area (Å²) in [6.07, 6.45) is 9.90. The van der Waals surface area contributed by atoms with E-state index in [-0.39, 0.29) is 6.04 Å². The highest BCUT2D eigenvalue weighted by Gasteiger charge is 2.16. The summed E-state index contributed by atoms with van der Waals surface area (Å²) in [7, 11) is 0. The van der Waals surface area contributed by atoms with Crippen LogP contribution in [0, 0.1) is 0 Å². The van der Waals surface area contributed by atoms with Crippen LogP contribution in [-0.2, 0) is 6.42 Å². The van der Waals surface area contributed by atoms with E-state index in [2.05, 4.69) is 4.98 Å². The van der Waals surface area contributed by atoms with Crippen molar-refractivity contribution in [2.24, 2.45) is 5.73 Å². The fourth-order valence-corrected chi connectivity index (χ4v) is 3.57. The van der Waals surface area contributed by atoms with Crippen LogP contribution in [-0.4, -0.2) is 22.0 Å². The third-order valence-corrected chi connectivity index (χ3v) is 4.84. The molecule has 1 aliphatic carbocycles. The lowest BCUT2D eigenvalue weighted by molar-refractivity contribution is 0.743. The van der Waals surface area contributed by atoms with Gasteiger partial charge < -0.3 is 11.5 Å². The van der Waals surface area contributed by atoms with Gasteiger partial charge in [-0.1, -0.05) is 12.8 Å². The maximum absolute atomic E-state index is 6.15. The second-order valence-corrected chi connectivity index (χ2v) is 6.11. The van der Waals surface area contributed by atoms with Crippen molar-refractivity contribution in [3.63, 3.8) is 0 Å². The number of hydrogen-bond acceptors (Lipinski definition) is 4. The molecule has 1 fully saturated rings. The Hall–Kier alpha value is -0.740. The zero-order valence-electron chi connectivity index (χ0n) is 10.1. The minimum Gasteiger partial charge on any atom is -0.398 e. The average Bonchev–Trinajstić information content (AvgIpc) is 2.82. The summed E-state index contributed by atoms with van der Waals surface area (Å²) in [5.74, 6) is 1.03. The normalized spacial score (nSPS) is 18.4. The highest BCUT2D eigenvalue weighted by atomic mass is 32.2. The first-order valence-corrected chi connectivity index (χ1v) is 7.36. The Morgan fingerprint density at radius 3 is 2.88 bits per heavy atom. The molecule has 4 N–H and O–H groups in total. The highest BCUT2D eigenvalue weighted by Crippen LogP contribution is 2.29. The predicted octanol–water partition coefficient (Wildman–Crippen LogP) is 2.21. The van der Waals surface area contributed by atoms with Crippen molar-refractivity contribution in [1.29, 1.82) is 0 Å². The second kappa shape index (κ2) is 6.26. The Balaban J connectivity index is 1.76. The molecule has 94 valence electrons. The van der Waals surface area contributed by atoms with Crippen LogP contribution in [0.4, 0.5) is 5.69 Å². The third-order valence-electron chi connectivity index (χ3n) is 3.27. The van der Waals surface area contributed by atoms with Crippen molar-refractivity contribution in [1.82, 2.24) is 4.98 Å². The first-order valence-electron chi connectivity index (χ1n) is 6.31. The van der Waals surface area contributed by atoms with Gasteiger partial charge in [0, 0.05) is 35.1 Å². The first-order chi connectivity index (χ1) is 8.25. The number of nitrogens with zero attached hydrogens (tertiary/aromatic N) is 1. The Kier molecular flexibility index (Phi) is 4.68. The average molecular weight is 251 g/mol. The van der Waals surface area contributed by atoms with E-state index in [9.17, 15) is 0 Å². The summed E-state index contributed by atoms with van der Waals surface area (Å²) in [4.78, 5) is 4.09. The zero-order valence-corrected chi connectivity index (χ0v) is 11.0. The highest BCUT2D eigenvalue weighted by molar-refractivity contribution is 7.99. The summed E-state index contributed by atoms with van der Waals surface area (Å²) < 4.78 is 0. The number of nitrogen functional groups attached to an aromatic ring is 1. The number of rotatable bonds is 5. The molecule has 1 atom stereocenters. The van der Waals surface area contributed by atoms with Gasteiger partial charge in [0.25, 0.3) is 0 Å². The number of thioether (sulfide) groups is 1. The predicted molar refractivity (Wildman–Crippen MR) is 75.0 cm³/mol. The van der Waals surface area contributed by atoms with Gasteiger partial charge >= 0.3 is 0 Å². The Morgan fingerprint density at radius 2 is 2.18 bits per heavy atom. The van der Waals surface area contributed by atoms with Gasteiger partial charge in [-0.25, -0.2) is 0 Å². The molecular formula is C13H21N3S. The minimum absolute atomic E-state index is 0.187. The van der Waals surface area contributed by atoms with Crippen molar-refractivity contribution >= 4 is 17.4 Å². The first kappa shape index (κ1) is 12.7. The van der Waals surface area contributed by atoms with Crippen LogP contribution in [0.2, 0.25) is 0 Å². The molecule has 1 aliphatic rings. The molecule has 0 amide bonds. The topological polar surface area (TPSA) is 64.9 Å². The van der Waals surface area contributed by atoms with Crippen molar-refractivity contribution < 1.29 is 0 Å². The zero-order chi connectivity index (χ0) is 12.1. The fourth-order valence-electron chi connectivity index (χ4n) is 2.26. The molecule has 3 nitrogen and oxygen atoms in total. The van der Waals surface area contributed by atoms with Gasteiger partial charge in [0.05, 0.1) is 0 Å². The molecule has 0 aromatic carbocycles. The summed E-state index contributed by atoms with van der Waals surface area (Å²) in [6, 6.07) is 2.03. The monoisotopic (exact) mass is 251 g/mol. The van der Waals surface area contributed by atoms with E-state index < -0.39 is 0 Å². The quantitative estimate of drug-likeness (QED) is 0.842. The number of nitrogens with two attached hydrogens (primary N) is 2. The lowest BCUT2D eigenvalue weighted by Crippen LogP contribution is -2.27. The molecule has 2 rings (SSSR count). The Bertz CT molecular complexity index is 350. The van der Waals surface area contributed by atoms with Gasteiger partial charge in [0.1, 0.15) is 0 Å². The molecule has 0 saturated heterocycles. The molecule has 0 bridgehead atoms. The van der Waals surface area contributed by atoms with E-state index in [1.54, 1.807) is 6.20 Å². The van der Waals surface area contributed by atoms with Crippen LogP contribution >= 0.6 is 11.8 Å². The number of anilines is 1. The molecule has 17 heavy (non-hydrogen) atoms. The minimum atomic E-state index is 0.187. The van der Waals surface area contributed by atoms with Gasteiger partial charge in [-0.2, -0.15) is 11.8 Å². The maximum atomic E-state index is 6.15. The molecule has 1 heterocycles. The van der Waals surface area contributed by atoms with Gasteiger partial charge in [0.15, 0.2) is 0 Å². The second-order valence-electron chi connectivity index (χ2n) is 4.78. The van der Waals surface area contributed by atoms with Gasteiger partial charge in [-0.15, -0.1) is 0 Å². The molecule has 0 radical (unpaired) electrons. The Labute approximate surface area is 107 Å². The molecule has 1 saturated carbocycles. The van der Waals surface area contributed by atoms with Crippen LogP contribution < -0.4 is 11.5 Å². The number of pyridine rings is 1. The summed E-state index contributed by atoms with van der Waals surface area (Å²) >= 11 is 2.03. The van der Waals surface area contributed by atoms with E-state index >= 15 is 0 Å². The van der Waals surface area contributed by atoms with Gasteiger partial charge in [-0.05, 0) is 30.9 Å². The fraction of sp³-hybridized carbons (Fsp3) is 0.615. The van der Waals surface area contributed by atoms with E-state index in [0.717, 1.165) is 28.7 Å². The summed E-state index contributed by atoms with van der Waals surface area (Å²) in [6.45, 7) is 0. The molecule has 1 unspecified atom stereocenters. The third kappa shape index (κ3) is 3.89. The van der Waals surface area contributed by atoms with Crippen molar-refractivity contribution in [3.8, 4) is 0 Å². The van der Waals surface area contributed by atoms with E-state index in [0.29, 0.717) is 0 Å². The molecule has 0 spiro atoms. The molecule has 4 heteroatoms. The van der Waals surface area contributed by atoms with Crippen molar-refractivity contribution in [2.45, 2.75) is 43.4 Å². The van der Waals surface area contributed by atoms with E-state index in [4.69, 9.17) is 11.5 Å². The summed E-state index contributed by atoms with van der Waals surface area (Å²) in [5.41, 5.74) is 13.9. The standard InChI is InChI=1S/C13H21N3S/c14-11(9-17-12-3-1-2-4-12)7-10-8-16-6-5-13(10)15/h5-6,8,11-12H,1-4,7,9,14H2,(H2,15,16). The summed E-state index contributed by atoms with van der Waals surface area (Å²) in [5, 5.41) is 0.840. The SMILES string of the molecule is Nc1ccncc1CC(N)CSC1CCCC1. The van der Waals surface area contributed by atoms with Crippen LogP contribution in [0.1, 0.15) is 31.2 Å². The Morgan fingerprint density at radius 1 is 1.41 bits per heavy atom. The molecular weight excluding hydrogens is 230 g/mol. The number of hydrogen-bond donors (Lipinski definition) is 2. The van der Waals surface area contributed by atoms with E-state index in [1.165, 1.54) is 25.7 Å². The van der Waals surface area contributed by atoms with Crippen LogP contribution in [0.25, 0.3) is 0 Å². The smallest absolute Gasteiger partial charge is 0.0378 e. The molecule has 1 aromatic heterocycles. The van der Waals surface area contributed by atoms with Gasteiger partial charge in [-0.3, -0.25) is 4.98 Å². The van der Waals surface area contributed by atoms with Crippen molar-refractivity contribution in [2.75, 3.05) is 11.5 Å². The maximum Gasteiger partial charge on any atom is 0.0378 e. The van der Waals surface area contributed by atoms with Crippen LogP contribution in [0.15, 0.2) is 18.5 Å². The molecule has 0 aliphatic heterocycles. The van der Waals surface area contributed by atoms with E-state index in [1.807, 2.05) is 24.0 Å².